The largest absolute Gasteiger partial charge is 0.464 e. The Labute approximate surface area is 247 Å². The van der Waals surface area contributed by atoms with Crippen molar-refractivity contribution in [3.8, 4) is 0 Å². The van der Waals surface area contributed by atoms with Gasteiger partial charge in [0.25, 0.3) is 5.91 Å². The molecule has 1 aliphatic heterocycles. The monoisotopic (exact) mass is 581 g/mol. The number of nitrogens with one attached hydrogen (secondary N) is 3. The van der Waals surface area contributed by atoms with Crippen molar-refractivity contribution in [3.63, 3.8) is 0 Å². The number of esters is 1. The third kappa shape index (κ3) is 14.2. The minimum atomic E-state index is -0.949. The van der Waals surface area contributed by atoms with Gasteiger partial charge in [0.2, 0.25) is 0 Å². The number of alkyl carbamates (subject to hydrolysis) is 1. The SMILES string of the molecule is C=CCCN(CNC(=C)[C@H](C)OC)C[C@H](NC(=O)OC(C)(C)C)C(=O)N1CCC[C@@H](C(=O)OCC(C)(C)CCC)N1. The highest BCUT2D eigenvalue weighted by Gasteiger charge is 2.35. The molecule has 0 saturated carbocycles. The van der Waals surface area contributed by atoms with Gasteiger partial charge in [-0.25, -0.2) is 10.2 Å². The molecule has 0 aliphatic carbocycles. The number of carbonyl (C=O) groups excluding carboxylic acids is 3. The molecule has 1 heterocycles. The van der Waals surface area contributed by atoms with Crippen molar-refractivity contribution < 1.29 is 28.6 Å². The molecule has 2 amide bonds. The van der Waals surface area contributed by atoms with Crippen molar-refractivity contribution in [2.24, 2.45) is 5.41 Å². The lowest BCUT2D eigenvalue weighted by Gasteiger charge is -2.37. The average Bonchev–Trinajstić information content (AvgIpc) is 2.90. The molecule has 0 aromatic rings. The van der Waals surface area contributed by atoms with Crippen LogP contribution in [0, 0.1) is 5.41 Å². The maximum absolute atomic E-state index is 13.8. The Bertz CT molecular complexity index is 872. The molecule has 3 N–H and O–H groups in total. The molecule has 1 rings (SSSR count). The molecular weight excluding hydrogens is 526 g/mol. The van der Waals surface area contributed by atoms with Crippen LogP contribution in [0.25, 0.3) is 0 Å². The Kier molecular flexibility index (Phi) is 15.4. The van der Waals surface area contributed by atoms with Crippen molar-refractivity contribution in [2.45, 2.75) is 104 Å². The van der Waals surface area contributed by atoms with Crippen LogP contribution in [0.5, 0.6) is 0 Å². The van der Waals surface area contributed by atoms with Gasteiger partial charge in [-0.1, -0.05) is 39.8 Å². The highest BCUT2D eigenvalue weighted by atomic mass is 16.6. The van der Waals surface area contributed by atoms with E-state index in [1.165, 1.54) is 5.01 Å². The number of carbonyl (C=O) groups is 3. The van der Waals surface area contributed by atoms with Crippen LogP contribution in [0.15, 0.2) is 24.9 Å². The first-order valence-corrected chi connectivity index (χ1v) is 14.6. The molecule has 3 atom stereocenters. The zero-order chi connectivity index (χ0) is 31.2. The van der Waals surface area contributed by atoms with Crippen molar-refractivity contribution in [2.75, 3.05) is 40.0 Å². The molecule has 1 saturated heterocycles. The van der Waals surface area contributed by atoms with Gasteiger partial charge in [-0.15, -0.1) is 6.58 Å². The van der Waals surface area contributed by atoms with E-state index in [1.54, 1.807) is 34.0 Å². The second kappa shape index (κ2) is 17.4. The molecule has 11 heteroatoms. The summed E-state index contributed by atoms with van der Waals surface area (Å²) in [5.41, 5.74) is 2.89. The summed E-state index contributed by atoms with van der Waals surface area (Å²) in [4.78, 5) is 41.5. The second-order valence-corrected chi connectivity index (χ2v) is 12.4. The number of hydrogen-bond donors (Lipinski definition) is 3. The highest BCUT2D eigenvalue weighted by molar-refractivity contribution is 5.86. The molecule has 236 valence electrons. The van der Waals surface area contributed by atoms with Crippen LogP contribution in [0.2, 0.25) is 0 Å². The predicted octanol–water partition coefficient (Wildman–Crippen LogP) is 3.72. The molecule has 0 aromatic heterocycles. The van der Waals surface area contributed by atoms with Gasteiger partial charge in [0, 0.05) is 32.4 Å². The smallest absolute Gasteiger partial charge is 0.408 e. The summed E-state index contributed by atoms with van der Waals surface area (Å²) in [5.74, 6) is -0.752. The lowest BCUT2D eigenvalue weighted by Crippen LogP contribution is -2.62. The summed E-state index contributed by atoms with van der Waals surface area (Å²) in [6.07, 6.45) is 4.68. The fourth-order valence-electron chi connectivity index (χ4n) is 4.32. The average molecular weight is 582 g/mol. The first kappa shape index (κ1) is 36.4. The Morgan fingerprint density at radius 3 is 2.49 bits per heavy atom. The third-order valence-electron chi connectivity index (χ3n) is 6.72. The quantitative estimate of drug-likeness (QED) is 0.134. The molecular formula is C30H55N5O6. The van der Waals surface area contributed by atoms with E-state index in [-0.39, 0.29) is 29.9 Å². The summed E-state index contributed by atoms with van der Waals surface area (Å²) in [7, 11) is 1.60. The minimum absolute atomic E-state index is 0.119. The van der Waals surface area contributed by atoms with Crippen LogP contribution in [0.4, 0.5) is 4.79 Å². The molecule has 1 aliphatic rings. The molecule has 41 heavy (non-hydrogen) atoms. The maximum Gasteiger partial charge on any atom is 0.408 e. The van der Waals surface area contributed by atoms with E-state index in [2.05, 4.69) is 50.0 Å². The molecule has 0 bridgehead atoms. The lowest BCUT2D eigenvalue weighted by atomic mass is 9.89. The van der Waals surface area contributed by atoms with E-state index in [9.17, 15) is 14.4 Å². The van der Waals surface area contributed by atoms with E-state index in [1.807, 2.05) is 11.8 Å². The number of ether oxygens (including phenoxy) is 3. The van der Waals surface area contributed by atoms with Gasteiger partial charge in [0.1, 0.15) is 17.7 Å². The normalized spacial score (nSPS) is 17.4. The Morgan fingerprint density at radius 1 is 1.22 bits per heavy atom. The number of rotatable bonds is 17. The van der Waals surface area contributed by atoms with Crippen LogP contribution in [-0.2, 0) is 23.8 Å². The second-order valence-electron chi connectivity index (χ2n) is 12.4. The van der Waals surface area contributed by atoms with E-state index in [4.69, 9.17) is 14.2 Å². The molecule has 0 radical (unpaired) electrons. The Balaban J connectivity index is 3.05. The third-order valence-corrected chi connectivity index (χ3v) is 6.72. The summed E-state index contributed by atoms with van der Waals surface area (Å²) < 4.78 is 16.4. The molecule has 1 fully saturated rings. The van der Waals surface area contributed by atoms with E-state index >= 15 is 0 Å². The molecule has 0 aromatic carbocycles. The van der Waals surface area contributed by atoms with Gasteiger partial charge in [-0.2, -0.15) is 0 Å². The molecule has 11 nitrogen and oxygen atoms in total. The Morgan fingerprint density at radius 2 is 1.90 bits per heavy atom. The summed E-state index contributed by atoms with van der Waals surface area (Å²) >= 11 is 0. The maximum atomic E-state index is 13.8. The van der Waals surface area contributed by atoms with Gasteiger partial charge in [-0.05, 0) is 58.8 Å². The number of nitrogens with zero attached hydrogens (tertiary/aromatic N) is 2. The van der Waals surface area contributed by atoms with Gasteiger partial charge in [-0.3, -0.25) is 19.5 Å². The highest BCUT2D eigenvalue weighted by Crippen LogP contribution is 2.23. The fraction of sp³-hybridized carbons (Fsp3) is 0.767. The van der Waals surface area contributed by atoms with Crippen LogP contribution in [0.1, 0.15) is 80.6 Å². The van der Waals surface area contributed by atoms with Crippen LogP contribution >= 0.6 is 0 Å². The van der Waals surface area contributed by atoms with Crippen LogP contribution in [0.3, 0.4) is 0 Å². The topological polar surface area (TPSA) is 121 Å². The van der Waals surface area contributed by atoms with Crippen LogP contribution in [-0.4, -0.2) is 91.7 Å². The summed E-state index contributed by atoms with van der Waals surface area (Å²) in [6, 6.07) is -1.60. The number of methoxy groups -OCH3 is 1. The first-order valence-electron chi connectivity index (χ1n) is 14.6. The van der Waals surface area contributed by atoms with Crippen molar-refractivity contribution in [1.29, 1.82) is 0 Å². The van der Waals surface area contributed by atoms with Gasteiger partial charge in [0.05, 0.1) is 19.4 Å². The zero-order valence-electron chi connectivity index (χ0n) is 26.6. The van der Waals surface area contributed by atoms with Crippen molar-refractivity contribution in [1.82, 2.24) is 26.0 Å². The minimum Gasteiger partial charge on any atom is -0.464 e. The zero-order valence-corrected chi connectivity index (χ0v) is 26.6. The molecule has 0 unspecified atom stereocenters. The van der Waals surface area contributed by atoms with E-state index in [0.29, 0.717) is 51.3 Å². The standard InChI is InChI=1S/C30H55N5O6/c1-11-13-17-34(21-31-22(3)23(4)39-10)19-25(32-28(38)41-29(5,6)7)26(36)35-18-14-15-24(33-35)27(37)40-20-30(8,9)16-12-2/h11,23-25,31,33H,1,3,12-21H2,2,4-10H3,(H,32,38)/t23-,24-,25-/m0/s1. The van der Waals surface area contributed by atoms with Gasteiger partial charge < -0.3 is 24.8 Å². The van der Waals surface area contributed by atoms with E-state index in [0.717, 1.165) is 12.8 Å². The summed E-state index contributed by atoms with van der Waals surface area (Å²) in [5, 5.41) is 7.41. The first-order chi connectivity index (χ1) is 19.1. The van der Waals surface area contributed by atoms with Crippen LogP contribution < -0.4 is 16.1 Å². The van der Waals surface area contributed by atoms with E-state index < -0.39 is 23.8 Å². The molecule has 0 spiro atoms. The number of hydrazine groups is 1. The van der Waals surface area contributed by atoms with Crippen molar-refractivity contribution in [3.05, 3.63) is 24.9 Å². The van der Waals surface area contributed by atoms with Gasteiger partial charge >= 0.3 is 12.1 Å². The lowest BCUT2D eigenvalue weighted by molar-refractivity contribution is -0.155. The predicted molar refractivity (Wildman–Crippen MR) is 161 cm³/mol. The van der Waals surface area contributed by atoms with Gasteiger partial charge in [0.15, 0.2) is 0 Å². The summed E-state index contributed by atoms with van der Waals surface area (Å²) in [6.45, 7) is 23.1. The van der Waals surface area contributed by atoms with Crippen molar-refractivity contribution >= 4 is 18.0 Å². The Hall–Kier alpha value is -2.63. The number of hydrogen-bond acceptors (Lipinski definition) is 9. The number of amides is 2. The fourth-order valence-corrected chi connectivity index (χ4v) is 4.32.